The lowest BCUT2D eigenvalue weighted by atomic mass is 10.1. The Bertz CT molecular complexity index is 1340. The molecule has 18 heteroatoms. The van der Waals surface area contributed by atoms with E-state index >= 15 is 8.78 Å². The van der Waals surface area contributed by atoms with Crippen molar-refractivity contribution in [3.8, 4) is 5.75 Å². The van der Waals surface area contributed by atoms with Crippen LogP contribution >= 0.6 is 7.75 Å². The van der Waals surface area contributed by atoms with E-state index in [9.17, 15) is 19.3 Å². The minimum Gasteiger partial charge on any atom is -0.462 e. The normalized spacial score (nSPS) is 24.4. The van der Waals surface area contributed by atoms with Gasteiger partial charge in [-0.25, -0.2) is 9.36 Å². The summed E-state index contributed by atoms with van der Waals surface area (Å²) < 4.78 is 65.4. The predicted molar refractivity (Wildman–Crippen MR) is 130 cm³/mol. The summed E-state index contributed by atoms with van der Waals surface area (Å²) >= 11 is 0. The van der Waals surface area contributed by atoms with Crippen LogP contribution in [0.2, 0.25) is 0 Å². The fourth-order valence-electron chi connectivity index (χ4n) is 3.43. The molecule has 1 aromatic carbocycles. The molecule has 0 radical (unpaired) electrons. The molecule has 0 saturated carbocycles. The lowest BCUT2D eigenvalue weighted by Gasteiger charge is -2.29. The minimum atomic E-state index is -4.66. The molecule has 2 aromatic rings. The molecule has 1 saturated heterocycles. The number of aliphatic hydroxyl groups is 1. The Morgan fingerprint density at radius 2 is 2.03 bits per heavy atom. The molecule has 0 spiro atoms. The summed E-state index contributed by atoms with van der Waals surface area (Å²) in [5.41, 5.74) is 10.3. The van der Waals surface area contributed by atoms with Gasteiger partial charge in [0, 0.05) is 11.1 Å². The molecule has 1 aliphatic heterocycles. The number of hydrogen-bond donors (Lipinski definition) is 3. The van der Waals surface area contributed by atoms with Crippen LogP contribution in [0.4, 0.5) is 14.6 Å². The Hall–Kier alpha value is -3.59. The quantitative estimate of drug-likeness (QED) is 0.117. The number of rotatable bonds is 11. The van der Waals surface area contributed by atoms with Gasteiger partial charge < -0.3 is 24.8 Å². The van der Waals surface area contributed by atoms with Crippen LogP contribution in [0.25, 0.3) is 10.4 Å². The van der Waals surface area contributed by atoms with Crippen molar-refractivity contribution in [2.45, 2.75) is 56.9 Å². The molecule has 4 N–H and O–H groups in total. The molecule has 0 amide bonds. The van der Waals surface area contributed by atoms with Crippen molar-refractivity contribution in [1.29, 1.82) is 0 Å². The standard InChI is InChI=1S/C21H26F2N7O8P/c1-12(2)36-16(31)13(3)27-39(34,38-14-7-5-4-6-8-14)35-11-20(28-29-25)17(32)21(22,23)18(37-20)30-10-9-15(24)26-19(30)33/h4-10,12-13,17-18,32H,11H2,1-3H3,(H,27,34)(H2,24,26,33)/t13?,17-,18-,20-,39?/m1/s1. The van der Waals surface area contributed by atoms with Gasteiger partial charge in [0.25, 0.3) is 0 Å². The number of benzene rings is 1. The van der Waals surface area contributed by atoms with E-state index in [1.807, 2.05) is 0 Å². The summed E-state index contributed by atoms with van der Waals surface area (Å²) in [6.45, 7) is 3.18. The first kappa shape index (κ1) is 30.0. The highest BCUT2D eigenvalue weighted by atomic mass is 31.2. The second kappa shape index (κ2) is 11.7. The largest absolute Gasteiger partial charge is 0.462 e. The maximum Gasteiger partial charge on any atom is 0.459 e. The van der Waals surface area contributed by atoms with E-state index < -0.39 is 62.1 Å². The Kier molecular flexibility index (Phi) is 8.95. The summed E-state index contributed by atoms with van der Waals surface area (Å²) in [6, 6.07) is 7.22. The van der Waals surface area contributed by atoms with E-state index in [0.29, 0.717) is 4.57 Å². The van der Waals surface area contributed by atoms with E-state index in [1.54, 1.807) is 19.9 Å². The molecule has 15 nitrogen and oxygen atoms in total. The third-order valence-electron chi connectivity index (χ3n) is 5.22. The van der Waals surface area contributed by atoms with Crippen LogP contribution in [0.3, 0.4) is 0 Å². The summed E-state index contributed by atoms with van der Waals surface area (Å²) in [5.74, 6) is -5.36. The third kappa shape index (κ3) is 6.71. The van der Waals surface area contributed by atoms with Crippen molar-refractivity contribution >= 4 is 19.5 Å². The molecule has 212 valence electrons. The van der Waals surface area contributed by atoms with Crippen molar-refractivity contribution < 1.29 is 41.8 Å². The van der Waals surface area contributed by atoms with Gasteiger partial charge >= 0.3 is 25.3 Å². The van der Waals surface area contributed by atoms with Gasteiger partial charge in [0.1, 0.15) is 17.6 Å². The average Bonchev–Trinajstić information content (AvgIpc) is 3.04. The average molecular weight is 573 g/mol. The van der Waals surface area contributed by atoms with Crippen molar-refractivity contribution in [3.63, 3.8) is 0 Å². The fraction of sp³-hybridized carbons (Fsp3) is 0.476. The molecule has 0 bridgehead atoms. The van der Waals surface area contributed by atoms with E-state index in [2.05, 4.69) is 20.1 Å². The number of halogens is 2. The van der Waals surface area contributed by atoms with Gasteiger partial charge in [0.2, 0.25) is 12.0 Å². The summed E-state index contributed by atoms with van der Waals surface area (Å²) in [5, 5.41) is 16.0. The minimum absolute atomic E-state index is 0.00816. The summed E-state index contributed by atoms with van der Waals surface area (Å²) in [6.07, 6.45) is -5.10. The topological polar surface area (TPSA) is 213 Å². The second-order valence-corrected chi connectivity index (χ2v) is 10.3. The van der Waals surface area contributed by atoms with Gasteiger partial charge in [-0.15, -0.1) is 0 Å². The first-order valence-corrected chi connectivity index (χ1v) is 12.9. The molecule has 1 fully saturated rings. The van der Waals surface area contributed by atoms with E-state index in [0.717, 1.165) is 12.3 Å². The number of para-hydroxylation sites is 1. The number of ether oxygens (including phenoxy) is 2. The van der Waals surface area contributed by atoms with Crippen LogP contribution < -0.4 is 21.0 Å². The Labute approximate surface area is 220 Å². The predicted octanol–water partition coefficient (Wildman–Crippen LogP) is 2.49. The Morgan fingerprint density at radius 1 is 1.36 bits per heavy atom. The van der Waals surface area contributed by atoms with Crippen LogP contribution in [0, 0.1) is 0 Å². The van der Waals surface area contributed by atoms with Crippen molar-refractivity contribution in [2.75, 3.05) is 12.3 Å². The van der Waals surface area contributed by atoms with E-state index in [1.165, 1.54) is 31.2 Å². The molecular formula is C21H26F2N7O8P. The molecule has 1 aromatic heterocycles. The molecular weight excluding hydrogens is 547 g/mol. The first-order valence-electron chi connectivity index (χ1n) is 11.3. The smallest absolute Gasteiger partial charge is 0.459 e. The number of aliphatic hydroxyl groups excluding tert-OH is 1. The number of nitrogens with zero attached hydrogens (tertiary/aromatic N) is 5. The SMILES string of the molecule is CC(C)OC(=O)C(C)NP(=O)(OC[C@@]1(N=[N+]=[N-])O[C@@H](n2ccc(N)nc2=O)C(F)(F)[C@@H]1O)Oc1ccccc1. The van der Waals surface area contributed by atoms with Gasteiger partial charge in [-0.2, -0.15) is 18.9 Å². The number of carbonyl (C=O) groups excluding carboxylic acids is 1. The summed E-state index contributed by atoms with van der Waals surface area (Å²) in [7, 11) is -4.66. The van der Waals surface area contributed by atoms with Crippen molar-refractivity contribution in [1.82, 2.24) is 14.6 Å². The second-order valence-electron chi connectivity index (χ2n) is 8.64. The van der Waals surface area contributed by atoms with Crippen LogP contribution in [0.5, 0.6) is 5.75 Å². The number of esters is 1. The third-order valence-corrected chi connectivity index (χ3v) is 6.85. The van der Waals surface area contributed by atoms with Gasteiger partial charge in [0.05, 0.1) is 12.7 Å². The van der Waals surface area contributed by atoms with Gasteiger partial charge in [-0.1, -0.05) is 23.3 Å². The summed E-state index contributed by atoms with van der Waals surface area (Å²) in [4.78, 5) is 30.3. The maximum absolute atomic E-state index is 15.2. The van der Waals surface area contributed by atoms with Crippen LogP contribution in [-0.2, 0) is 23.4 Å². The highest BCUT2D eigenvalue weighted by Crippen LogP contribution is 2.52. The van der Waals surface area contributed by atoms with Crippen LogP contribution in [0.1, 0.15) is 27.0 Å². The Morgan fingerprint density at radius 3 is 2.62 bits per heavy atom. The van der Waals surface area contributed by atoms with Crippen LogP contribution in [-0.4, -0.2) is 57.1 Å². The number of nitrogen functional groups attached to an aromatic ring is 1. The van der Waals surface area contributed by atoms with Gasteiger partial charge in [-0.3, -0.25) is 13.9 Å². The number of carbonyl (C=O) groups is 1. The highest BCUT2D eigenvalue weighted by Gasteiger charge is 2.67. The lowest BCUT2D eigenvalue weighted by molar-refractivity contribution is -0.149. The number of anilines is 1. The first-order chi connectivity index (χ1) is 18.2. The molecule has 5 atom stereocenters. The zero-order valence-corrected chi connectivity index (χ0v) is 21.8. The zero-order chi connectivity index (χ0) is 29.0. The highest BCUT2D eigenvalue weighted by molar-refractivity contribution is 7.52. The monoisotopic (exact) mass is 573 g/mol. The fourth-order valence-corrected chi connectivity index (χ4v) is 4.94. The molecule has 2 unspecified atom stereocenters. The number of nitrogens with two attached hydrogens (primary N) is 1. The number of nitrogens with one attached hydrogen (secondary N) is 1. The van der Waals surface area contributed by atoms with Crippen molar-refractivity contribution in [2.24, 2.45) is 5.11 Å². The van der Waals surface area contributed by atoms with Gasteiger partial charge in [-0.05, 0) is 44.5 Å². The number of hydrogen-bond acceptors (Lipinski definition) is 11. The maximum atomic E-state index is 15.2. The lowest BCUT2D eigenvalue weighted by Crippen LogP contribution is -2.48. The number of azide groups is 1. The molecule has 1 aliphatic rings. The number of alkyl halides is 2. The van der Waals surface area contributed by atoms with Gasteiger partial charge in [0.15, 0.2) is 6.10 Å². The molecule has 3 rings (SSSR count). The molecule has 39 heavy (non-hydrogen) atoms. The zero-order valence-electron chi connectivity index (χ0n) is 20.9. The molecule has 2 heterocycles. The van der Waals surface area contributed by atoms with Crippen molar-refractivity contribution in [3.05, 3.63) is 63.5 Å². The van der Waals surface area contributed by atoms with E-state index in [4.69, 9.17) is 29.8 Å². The molecule has 0 aliphatic carbocycles. The number of aromatic nitrogens is 2. The van der Waals surface area contributed by atoms with Crippen LogP contribution in [0.15, 0.2) is 52.5 Å². The Balaban J connectivity index is 1.95. The van der Waals surface area contributed by atoms with E-state index in [-0.39, 0.29) is 11.6 Å².